The van der Waals surface area contributed by atoms with Crippen molar-refractivity contribution in [2.45, 2.75) is 13.3 Å². The van der Waals surface area contributed by atoms with E-state index in [0.717, 1.165) is 24.7 Å². The molecular formula is C19H23N5O2. The van der Waals surface area contributed by atoms with Crippen molar-refractivity contribution in [2.75, 3.05) is 42.9 Å². The fourth-order valence-electron chi connectivity index (χ4n) is 2.91. The van der Waals surface area contributed by atoms with Gasteiger partial charge in [0.05, 0.1) is 0 Å². The van der Waals surface area contributed by atoms with E-state index >= 15 is 0 Å². The minimum Gasteiger partial charge on any atom is -0.385 e. The monoisotopic (exact) mass is 353 g/mol. The molecule has 0 atom stereocenters. The maximum absolute atomic E-state index is 12.4. The average molecular weight is 353 g/mol. The van der Waals surface area contributed by atoms with Crippen LogP contribution in [-0.4, -0.2) is 59.3 Å². The molecule has 1 N–H and O–H groups in total. The van der Waals surface area contributed by atoms with Gasteiger partial charge in [-0.3, -0.25) is 9.59 Å². The molecule has 0 radical (unpaired) electrons. The number of carbonyl (C=O) groups excluding carboxylic acids is 2. The van der Waals surface area contributed by atoms with Gasteiger partial charge in [0.25, 0.3) is 0 Å². The van der Waals surface area contributed by atoms with Gasteiger partial charge in [0.15, 0.2) is 5.78 Å². The summed E-state index contributed by atoms with van der Waals surface area (Å²) in [4.78, 5) is 36.1. The largest absolute Gasteiger partial charge is 0.385 e. The van der Waals surface area contributed by atoms with E-state index in [9.17, 15) is 9.59 Å². The maximum atomic E-state index is 12.4. The van der Waals surface area contributed by atoms with Gasteiger partial charge in [-0.05, 0) is 37.3 Å². The molecule has 7 heteroatoms. The highest BCUT2D eigenvalue weighted by atomic mass is 16.2. The first-order valence-electron chi connectivity index (χ1n) is 8.78. The van der Waals surface area contributed by atoms with E-state index in [2.05, 4.69) is 20.2 Å². The van der Waals surface area contributed by atoms with E-state index in [1.54, 1.807) is 37.5 Å². The number of aromatic nitrogens is 2. The Morgan fingerprint density at radius 3 is 2.31 bits per heavy atom. The van der Waals surface area contributed by atoms with Crippen molar-refractivity contribution in [3.63, 3.8) is 0 Å². The number of benzene rings is 1. The Labute approximate surface area is 153 Å². The summed E-state index contributed by atoms with van der Waals surface area (Å²) in [7, 11) is 0. The molecule has 2 aromatic rings. The van der Waals surface area contributed by atoms with Crippen LogP contribution in [0.15, 0.2) is 42.7 Å². The molecule has 1 aliphatic heterocycles. The summed E-state index contributed by atoms with van der Waals surface area (Å²) in [6.45, 7) is 4.98. The van der Waals surface area contributed by atoms with E-state index in [-0.39, 0.29) is 11.7 Å². The third-order valence-electron chi connectivity index (χ3n) is 4.43. The van der Waals surface area contributed by atoms with Gasteiger partial charge in [-0.1, -0.05) is 0 Å². The number of carbonyl (C=O) groups is 2. The van der Waals surface area contributed by atoms with Gasteiger partial charge in [-0.15, -0.1) is 0 Å². The van der Waals surface area contributed by atoms with Gasteiger partial charge in [0.2, 0.25) is 11.9 Å². The summed E-state index contributed by atoms with van der Waals surface area (Å²) in [5.41, 5.74) is 1.60. The smallest absolute Gasteiger partial charge is 0.225 e. The predicted molar refractivity (Wildman–Crippen MR) is 100 cm³/mol. The molecule has 136 valence electrons. The second kappa shape index (κ2) is 8.42. The summed E-state index contributed by atoms with van der Waals surface area (Å²) in [6, 6.07) is 9.10. The fraction of sp³-hybridized carbons (Fsp3) is 0.368. The molecule has 1 aliphatic rings. The summed E-state index contributed by atoms with van der Waals surface area (Å²) in [6.07, 6.45) is 3.90. The van der Waals surface area contributed by atoms with Gasteiger partial charge in [-0.25, -0.2) is 9.97 Å². The lowest BCUT2D eigenvalue weighted by Crippen LogP contribution is -2.49. The molecule has 1 fully saturated rings. The van der Waals surface area contributed by atoms with E-state index in [0.29, 0.717) is 31.6 Å². The lowest BCUT2D eigenvalue weighted by atomic mass is 10.1. The third-order valence-corrected chi connectivity index (χ3v) is 4.43. The Kier molecular flexibility index (Phi) is 5.78. The molecule has 0 unspecified atom stereocenters. The normalized spacial score (nSPS) is 14.2. The van der Waals surface area contributed by atoms with Gasteiger partial charge in [0.1, 0.15) is 0 Å². The highest BCUT2D eigenvalue weighted by molar-refractivity contribution is 5.94. The van der Waals surface area contributed by atoms with Crippen LogP contribution in [0.1, 0.15) is 23.7 Å². The predicted octanol–water partition coefficient (Wildman–Crippen LogP) is 1.83. The third kappa shape index (κ3) is 4.56. The van der Waals surface area contributed by atoms with Gasteiger partial charge in [-0.2, -0.15) is 0 Å². The van der Waals surface area contributed by atoms with Crippen molar-refractivity contribution in [1.29, 1.82) is 0 Å². The topological polar surface area (TPSA) is 78.4 Å². The van der Waals surface area contributed by atoms with Gasteiger partial charge >= 0.3 is 0 Å². The van der Waals surface area contributed by atoms with Crippen LogP contribution in [0.25, 0.3) is 0 Å². The SMILES string of the molecule is CC(=O)c1ccc(NCCC(=O)N2CCN(c3ncccn3)CC2)cc1. The Morgan fingerprint density at radius 2 is 1.69 bits per heavy atom. The van der Waals surface area contributed by atoms with Crippen molar-refractivity contribution in [3.8, 4) is 0 Å². The zero-order valence-corrected chi connectivity index (χ0v) is 14.9. The second-order valence-corrected chi connectivity index (χ2v) is 6.23. The molecule has 0 saturated carbocycles. The molecular weight excluding hydrogens is 330 g/mol. The first-order valence-corrected chi connectivity index (χ1v) is 8.78. The molecule has 26 heavy (non-hydrogen) atoms. The highest BCUT2D eigenvalue weighted by Gasteiger charge is 2.21. The number of hydrogen-bond acceptors (Lipinski definition) is 6. The number of piperazine rings is 1. The van der Waals surface area contributed by atoms with Crippen molar-refractivity contribution in [3.05, 3.63) is 48.3 Å². The summed E-state index contributed by atoms with van der Waals surface area (Å²) < 4.78 is 0. The Balaban J connectivity index is 1.41. The molecule has 0 bridgehead atoms. The maximum Gasteiger partial charge on any atom is 0.225 e. The quantitative estimate of drug-likeness (QED) is 0.798. The molecule has 0 aliphatic carbocycles. The van der Waals surface area contributed by atoms with Crippen LogP contribution < -0.4 is 10.2 Å². The Bertz CT molecular complexity index is 740. The zero-order chi connectivity index (χ0) is 18.4. The van der Waals surface area contributed by atoms with Crippen LogP contribution in [0, 0.1) is 0 Å². The van der Waals surface area contributed by atoms with Crippen LogP contribution >= 0.6 is 0 Å². The van der Waals surface area contributed by atoms with Crippen LogP contribution in [0.2, 0.25) is 0 Å². The van der Waals surface area contributed by atoms with Gasteiger partial charge < -0.3 is 15.1 Å². The van der Waals surface area contributed by atoms with Crippen LogP contribution in [0.4, 0.5) is 11.6 Å². The number of Topliss-reactive ketones (excluding diaryl/α,β-unsaturated/α-hetero) is 1. The number of amides is 1. The molecule has 1 aromatic carbocycles. The minimum atomic E-state index is 0.0479. The van der Waals surface area contributed by atoms with Crippen molar-refractivity contribution in [1.82, 2.24) is 14.9 Å². The second-order valence-electron chi connectivity index (χ2n) is 6.23. The van der Waals surface area contributed by atoms with E-state index < -0.39 is 0 Å². The van der Waals surface area contributed by atoms with Crippen molar-refractivity contribution >= 4 is 23.3 Å². The molecule has 1 aromatic heterocycles. The molecule has 0 spiro atoms. The summed E-state index contributed by atoms with van der Waals surface area (Å²) in [5, 5.41) is 3.23. The number of hydrogen-bond donors (Lipinski definition) is 1. The first-order chi connectivity index (χ1) is 12.6. The van der Waals surface area contributed by atoms with Crippen LogP contribution in [-0.2, 0) is 4.79 Å². The lowest BCUT2D eigenvalue weighted by molar-refractivity contribution is -0.131. The van der Waals surface area contributed by atoms with Crippen molar-refractivity contribution < 1.29 is 9.59 Å². The number of rotatable bonds is 6. The Hall–Kier alpha value is -2.96. The number of nitrogens with zero attached hydrogens (tertiary/aromatic N) is 4. The Morgan fingerprint density at radius 1 is 1.04 bits per heavy atom. The molecule has 1 saturated heterocycles. The zero-order valence-electron chi connectivity index (χ0n) is 14.9. The van der Waals surface area contributed by atoms with Crippen molar-refractivity contribution in [2.24, 2.45) is 0 Å². The van der Waals surface area contributed by atoms with E-state index in [1.807, 2.05) is 17.0 Å². The summed E-state index contributed by atoms with van der Waals surface area (Å²) >= 11 is 0. The summed E-state index contributed by atoms with van der Waals surface area (Å²) in [5.74, 6) is 0.911. The van der Waals surface area contributed by atoms with Crippen LogP contribution in [0.3, 0.4) is 0 Å². The number of ketones is 1. The minimum absolute atomic E-state index is 0.0479. The molecule has 7 nitrogen and oxygen atoms in total. The van der Waals surface area contributed by atoms with E-state index in [4.69, 9.17) is 0 Å². The molecule has 3 rings (SSSR count). The van der Waals surface area contributed by atoms with Gasteiger partial charge in [0, 0.05) is 62.8 Å². The molecule has 2 heterocycles. The van der Waals surface area contributed by atoms with E-state index in [1.165, 1.54) is 0 Å². The lowest BCUT2D eigenvalue weighted by Gasteiger charge is -2.34. The highest BCUT2D eigenvalue weighted by Crippen LogP contribution is 2.12. The fourth-order valence-corrected chi connectivity index (χ4v) is 2.91. The number of anilines is 2. The first kappa shape index (κ1) is 17.8. The average Bonchev–Trinajstić information content (AvgIpc) is 2.69. The number of nitrogens with one attached hydrogen (secondary N) is 1. The molecule has 1 amide bonds. The van der Waals surface area contributed by atoms with Crippen LogP contribution in [0.5, 0.6) is 0 Å². The standard InChI is InChI=1S/C19H23N5O2/c1-15(25)16-3-5-17(6-4-16)20-10-7-18(26)23-11-13-24(14-12-23)19-21-8-2-9-22-19/h2-6,8-9,20H,7,10-14H2,1H3.